The third kappa shape index (κ3) is 3.25. The first-order valence-electron chi connectivity index (χ1n) is 7.29. The maximum absolute atomic E-state index is 12.3. The van der Waals surface area contributed by atoms with Crippen LogP contribution in [0.4, 0.5) is 5.69 Å². The number of anilines is 1. The van der Waals surface area contributed by atoms with Gasteiger partial charge in [-0.3, -0.25) is 9.10 Å². The van der Waals surface area contributed by atoms with Crippen LogP contribution in [-0.2, 0) is 23.0 Å². The predicted molar refractivity (Wildman–Crippen MR) is 92.4 cm³/mol. The van der Waals surface area contributed by atoms with Crippen molar-refractivity contribution in [3.63, 3.8) is 0 Å². The lowest BCUT2D eigenvalue weighted by molar-refractivity contribution is 0.0951. The standard InChI is InChI=1S/C16H18N2O3S2/c1-11-8-13-9-12(5-6-15(13)18(11)23(2,20)21)16(19)17-10-14-4-3-7-22-14/h3-7,9,11H,8,10H2,1-2H3,(H,17,19)/t11-/m1/s1. The van der Waals surface area contributed by atoms with Crippen LogP contribution in [0.25, 0.3) is 0 Å². The molecule has 1 aliphatic heterocycles. The summed E-state index contributed by atoms with van der Waals surface area (Å²) < 4.78 is 25.2. The monoisotopic (exact) mass is 350 g/mol. The van der Waals surface area contributed by atoms with E-state index in [0.717, 1.165) is 10.4 Å². The molecule has 0 bridgehead atoms. The molecule has 0 saturated carbocycles. The van der Waals surface area contributed by atoms with Gasteiger partial charge in [-0.05, 0) is 48.6 Å². The van der Waals surface area contributed by atoms with E-state index in [9.17, 15) is 13.2 Å². The van der Waals surface area contributed by atoms with Crippen LogP contribution in [0.5, 0.6) is 0 Å². The van der Waals surface area contributed by atoms with E-state index in [2.05, 4.69) is 5.32 Å². The summed E-state index contributed by atoms with van der Waals surface area (Å²) in [5, 5.41) is 4.86. The van der Waals surface area contributed by atoms with Crippen LogP contribution in [0.3, 0.4) is 0 Å². The first-order valence-corrected chi connectivity index (χ1v) is 10.0. The zero-order chi connectivity index (χ0) is 16.6. The van der Waals surface area contributed by atoms with Crippen molar-refractivity contribution in [1.29, 1.82) is 0 Å². The van der Waals surface area contributed by atoms with E-state index in [-0.39, 0.29) is 11.9 Å². The summed E-state index contributed by atoms with van der Waals surface area (Å²) >= 11 is 1.60. The molecule has 1 aliphatic rings. The fourth-order valence-corrected chi connectivity index (χ4v) is 4.84. The highest BCUT2D eigenvalue weighted by atomic mass is 32.2. The van der Waals surface area contributed by atoms with E-state index in [4.69, 9.17) is 0 Å². The number of nitrogens with zero attached hydrogens (tertiary/aromatic N) is 1. The van der Waals surface area contributed by atoms with Crippen LogP contribution < -0.4 is 9.62 Å². The molecule has 1 aromatic heterocycles. The number of nitrogens with one attached hydrogen (secondary N) is 1. The molecule has 2 aromatic rings. The van der Waals surface area contributed by atoms with E-state index >= 15 is 0 Å². The number of sulfonamides is 1. The number of rotatable bonds is 4. The Morgan fingerprint density at radius 1 is 1.39 bits per heavy atom. The van der Waals surface area contributed by atoms with Crippen LogP contribution in [0, 0.1) is 0 Å². The van der Waals surface area contributed by atoms with Crippen molar-refractivity contribution in [2.75, 3.05) is 10.6 Å². The molecular weight excluding hydrogens is 332 g/mol. The van der Waals surface area contributed by atoms with E-state index in [1.54, 1.807) is 29.5 Å². The Bertz CT molecular complexity index is 829. The first-order chi connectivity index (χ1) is 10.9. The lowest BCUT2D eigenvalue weighted by atomic mass is 10.1. The molecule has 2 heterocycles. The normalized spacial score (nSPS) is 17.1. The zero-order valence-electron chi connectivity index (χ0n) is 12.9. The second kappa shape index (κ2) is 5.98. The largest absolute Gasteiger partial charge is 0.347 e. The first kappa shape index (κ1) is 16.0. The number of carbonyl (C=O) groups is 1. The number of benzene rings is 1. The molecule has 1 atom stereocenters. The Morgan fingerprint density at radius 3 is 2.83 bits per heavy atom. The highest BCUT2D eigenvalue weighted by Gasteiger charge is 2.32. The highest BCUT2D eigenvalue weighted by molar-refractivity contribution is 7.92. The average Bonchev–Trinajstić information content (AvgIpc) is 3.09. The Balaban J connectivity index is 1.79. The summed E-state index contributed by atoms with van der Waals surface area (Å²) in [6.45, 7) is 2.37. The molecule has 0 radical (unpaired) electrons. The maximum Gasteiger partial charge on any atom is 0.251 e. The smallest absolute Gasteiger partial charge is 0.251 e. The van der Waals surface area contributed by atoms with E-state index in [1.807, 2.05) is 24.4 Å². The Hall–Kier alpha value is -1.86. The minimum Gasteiger partial charge on any atom is -0.347 e. The van der Waals surface area contributed by atoms with Crippen LogP contribution >= 0.6 is 11.3 Å². The molecule has 122 valence electrons. The lowest BCUT2D eigenvalue weighted by Gasteiger charge is -2.21. The van der Waals surface area contributed by atoms with Crippen molar-refractivity contribution in [2.24, 2.45) is 0 Å². The second-order valence-electron chi connectivity index (χ2n) is 5.72. The summed E-state index contributed by atoms with van der Waals surface area (Å²) in [4.78, 5) is 13.4. The fourth-order valence-electron chi connectivity index (χ4n) is 2.93. The summed E-state index contributed by atoms with van der Waals surface area (Å²) in [6, 6.07) is 8.99. The number of fused-ring (bicyclic) bond motifs is 1. The molecule has 1 amide bonds. The minimum atomic E-state index is -3.30. The molecule has 1 N–H and O–H groups in total. The van der Waals surface area contributed by atoms with E-state index in [1.165, 1.54) is 10.6 Å². The third-order valence-corrected chi connectivity index (χ3v) is 6.00. The van der Waals surface area contributed by atoms with Crippen molar-refractivity contribution in [3.05, 3.63) is 51.7 Å². The lowest BCUT2D eigenvalue weighted by Crippen LogP contribution is -2.34. The molecule has 0 aliphatic carbocycles. The second-order valence-corrected chi connectivity index (χ2v) is 8.61. The average molecular weight is 350 g/mol. The maximum atomic E-state index is 12.3. The van der Waals surface area contributed by atoms with Crippen LogP contribution in [-0.4, -0.2) is 26.6 Å². The van der Waals surface area contributed by atoms with Gasteiger partial charge in [0.2, 0.25) is 10.0 Å². The van der Waals surface area contributed by atoms with Gasteiger partial charge >= 0.3 is 0 Å². The number of carbonyl (C=O) groups excluding carboxylic acids is 1. The molecule has 0 unspecified atom stereocenters. The van der Waals surface area contributed by atoms with Crippen molar-refractivity contribution >= 4 is 33.0 Å². The van der Waals surface area contributed by atoms with Gasteiger partial charge in [0.1, 0.15) is 0 Å². The van der Waals surface area contributed by atoms with Crippen molar-refractivity contribution < 1.29 is 13.2 Å². The number of hydrogen-bond donors (Lipinski definition) is 1. The van der Waals surface area contributed by atoms with Gasteiger partial charge in [0, 0.05) is 16.5 Å². The Labute approximate surface area is 140 Å². The summed E-state index contributed by atoms with van der Waals surface area (Å²) in [5.74, 6) is -0.147. The third-order valence-electron chi connectivity index (χ3n) is 3.86. The van der Waals surface area contributed by atoms with Gasteiger partial charge in [-0.25, -0.2) is 8.42 Å². The highest BCUT2D eigenvalue weighted by Crippen LogP contribution is 2.34. The Kier molecular flexibility index (Phi) is 4.16. The van der Waals surface area contributed by atoms with Crippen LogP contribution in [0.2, 0.25) is 0 Å². The predicted octanol–water partition coefficient (Wildman–Crippen LogP) is 2.39. The van der Waals surface area contributed by atoms with Gasteiger partial charge in [-0.1, -0.05) is 6.07 Å². The molecule has 0 saturated heterocycles. The molecule has 23 heavy (non-hydrogen) atoms. The van der Waals surface area contributed by atoms with Crippen molar-refractivity contribution in [1.82, 2.24) is 5.32 Å². The summed E-state index contributed by atoms with van der Waals surface area (Å²) in [6.07, 6.45) is 1.83. The zero-order valence-corrected chi connectivity index (χ0v) is 14.6. The molecule has 5 nitrogen and oxygen atoms in total. The van der Waals surface area contributed by atoms with E-state index in [0.29, 0.717) is 24.2 Å². The summed E-state index contributed by atoms with van der Waals surface area (Å²) in [7, 11) is -3.30. The number of hydrogen-bond acceptors (Lipinski definition) is 4. The minimum absolute atomic E-state index is 0.121. The topological polar surface area (TPSA) is 66.5 Å². The molecule has 3 rings (SSSR count). The van der Waals surface area contributed by atoms with Gasteiger partial charge in [0.25, 0.3) is 5.91 Å². The number of thiophene rings is 1. The molecule has 0 spiro atoms. The van der Waals surface area contributed by atoms with Gasteiger partial charge in [-0.15, -0.1) is 11.3 Å². The molecule has 7 heteroatoms. The van der Waals surface area contributed by atoms with Gasteiger partial charge in [0.05, 0.1) is 18.5 Å². The van der Waals surface area contributed by atoms with Crippen LogP contribution in [0.1, 0.15) is 27.7 Å². The molecular formula is C16H18N2O3S2. The molecule has 0 fully saturated rings. The van der Waals surface area contributed by atoms with E-state index < -0.39 is 10.0 Å². The van der Waals surface area contributed by atoms with Crippen molar-refractivity contribution in [2.45, 2.75) is 25.9 Å². The number of amides is 1. The fraction of sp³-hybridized carbons (Fsp3) is 0.312. The van der Waals surface area contributed by atoms with Gasteiger partial charge < -0.3 is 5.32 Å². The molecule has 1 aromatic carbocycles. The van der Waals surface area contributed by atoms with Crippen molar-refractivity contribution in [3.8, 4) is 0 Å². The van der Waals surface area contributed by atoms with Gasteiger partial charge in [-0.2, -0.15) is 0 Å². The Morgan fingerprint density at radius 2 is 2.17 bits per heavy atom. The van der Waals surface area contributed by atoms with Crippen LogP contribution in [0.15, 0.2) is 35.7 Å². The SMILES string of the molecule is C[C@@H]1Cc2cc(C(=O)NCc3cccs3)ccc2N1S(C)(=O)=O. The quantitative estimate of drug-likeness (QED) is 0.921. The summed E-state index contributed by atoms with van der Waals surface area (Å²) in [5.41, 5.74) is 2.13. The van der Waals surface area contributed by atoms with Gasteiger partial charge in [0.15, 0.2) is 0 Å².